The van der Waals surface area contributed by atoms with E-state index in [1.807, 2.05) is 23.1 Å². The predicted octanol–water partition coefficient (Wildman–Crippen LogP) is 4.19. The Morgan fingerprint density at radius 2 is 1.41 bits per heavy atom. The van der Waals surface area contributed by atoms with Gasteiger partial charge >= 0.3 is 0 Å². The first-order valence-electron chi connectivity index (χ1n) is 11.6. The van der Waals surface area contributed by atoms with E-state index in [-0.39, 0.29) is 11.3 Å². The lowest BCUT2D eigenvalue weighted by Crippen LogP contribution is -2.55. The fraction of sp³-hybridized carbons (Fsp3) is 0.680. The second-order valence-electron chi connectivity index (χ2n) is 10.4. The third-order valence-electron chi connectivity index (χ3n) is 8.32. The summed E-state index contributed by atoms with van der Waals surface area (Å²) in [5, 5.41) is 0. The normalized spacial score (nSPS) is 33.7. The first-order chi connectivity index (χ1) is 13.9. The molecule has 1 aromatic rings. The summed E-state index contributed by atoms with van der Waals surface area (Å²) in [6.45, 7) is 7.03. The van der Waals surface area contributed by atoms with Crippen molar-refractivity contribution in [2.75, 3.05) is 26.2 Å². The quantitative estimate of drug-likeness (QED) is 0.754. The number of hydrogen-bond donors (Lipinski definition) is 0. The molecule has 0 N–H and O–H groups in total. The first-order valence-corrected chi connectivity index (χ1v) is 11.6. The molecule has 4 aliphatic carbocycles. The molecule has 1 aliphatic heterocycles. The van der Waals surface area contributed by atoms with Crippen molar-refractivity contribution in [2.24, 2.45) is 23.2 Å². The Bertz CT molecular complexity index is 795. The lowest BCUT2D eigenvalue weighted by molar-refractivity contribution is -0.157. The molecule has 156 valence electrons. The molecule has 0 aromatic heterocycles. The van der Waals surface area contributed by atoms with Gasteiger partial charge in [-0.15, -0.1) is 0 Å². The SMILES string of the molecule is Cc1ccc(C(=O)N2CCCN(C(=O)C34CC5CC(CC(C5)C3)C4)CC2)cc1C. The van der Waals surface area contributed by atoms with Crippen molar-refractivity contribution in [3.05, 3.63) is 34.9 Å². The molecule has 1 aromatic carbocycles. The van der Waals surface area contributed by atoms with Gasteiger partial charge in [0.2, 0.25) is 5.91 Å². The summed E-state index contributed by atoms with van der Waals surface area (Å²) >= 11 is 0. The summed E-state index contributed by atoms with van der Waals surface area (Å²) in [6.07, 6.45) is 8.36. The molecule has 29 heavy (non-hydrogen) atoms. The van der Waals surface area contributed by atoms with E-state index in [0.717, 1.165) is 67.7 Å². The third-order valence-corrected chi connectivity index (χ3v) is 8.32. The van der Waals surface area contributed by atoms with Gasteiger partial charge in [0.25, 0.3) is 5.91 Å². The number of hydrogen-bond acceptors (Lipinski definition) is 2. The van der Waals surface area contributed by atoms with E-state index in [2.05, 4.69) is 18.7 Å². The maximum atomic E-state index is 13.7. The van der Waals surface area contributed by atoms with E-state index in [4.69, 9.17) is 0 Å². The summed E-state index contributed by atoms with van der Waals surface area (Å²) < 4.78 is 0. The van der Waals surface area contributed by atoms with Crippen molar-refractivity contribution < 1.29 is 9.59 Å². The molecular weight excluding hydrogens is 360 g/mol. The molecule has 4 saturated carbocycles. The number of nitrogens with zero attached hydrogens (tertiary/aromatic N) is 2. The molecule has 2 amide bonds. The van der Waals surface area contributed by atoms with Crippen molar-refractivity contribution in [1.29, 1.82) is 0 Å². The smallest absolute Gasteiger partial charge is 0.253 e. The van der Waals surface area contributed by atoms with Crippen molar-refractivity contribution in [3.8, 4) is 0 Å². The molecule has 4 bridgehead atoms. The monoisotopic (exact) mass is 394 g/mol. The van der Waals surface area contributed by atoms with E-state index in [0.29, 0.717) is 19.0 Å². The molecule has 0 spiro atoms. The highest BCUT2D eigenvalue weighted by Gasteiger charge is 2.55. The number of carbonyl (C=O) groups excluding carboxylic acids is 2. The number of carbonyl (C=O) groups is 2. The maximum Gasteiger partial charge on any atom is 0.253 e. The molecule has 6 rings (SSSR count). The Morgan fingerprint density at radius 3 is 2.03 bits per heavy atom. The van der Waals surface area contributed by atoms with Crippen molar-refractivity contribution in [1.82, 2.24) is 9.80 Å². The molecule has 4 heteroatoms. The maximum absolute atomic E-state index is 13.7. The lowest BCUT2D eigenvalue weighted by Gasteiger charge is -2.56. The van der Waals surface area contributed by atoms with E-state index >= 15 is 0 Å². The highest BCUT2D eigenvalue weighted by molar-refractivity contribution is 5.94. The Labute approximate surface area is 174 Å². The van der Waals surface area contributed by atoms with Crippen LogP contribution in [0, 0.1) is 37.0 Å². The largest absolute Gasteiger partial charge is 0.340 e. The van der Waals surface area contributed by atoms with Crippen molar-refractivity contribution in [2.45, 2.75) is 58.8 Å². The topological polar surface area (TPSA) is 40.6 Å². The molecule has 0 unspecified atom stereocenters. The highest BCUT2D eigenvalue weighted by Crippen LogP contribution is 2.60. The molecule has 5 fully saturated rings. The summed E-state index contributed by atoms with van der Waals surface area (Å²) in [5.74, 6) is 2.90. The summed E-state index contributed by atoms with van der Waals surface area (Å²) in [7, 11) is 0. The fourth-order valence-corrected chi connectivity index (χ4v) is 7.09. The molecule has 5 aliphatic rings. The Balaban J connectivity index is 1.27. The van der Waals surface area contributed by atoms with E-state index in [9.17, 15) is 9.59 Å². The van der Waals surface area contributed by atoms with Crippen LogP contribution in [0.5, 0.6) is 0 Å². The Morgan fingerprint density at radius 1 is 0.828 bits per heavy atom. The van der Waals surface area contributed by atoms with Crippen LogP contribution in [0.4, 0.5) is 0 Å². The third kappa shape index (κ3) is 3.39. The first kappa shape index (κ1) is 19.1. The van der Waals surface area contributed by atoms with Gasteiger partial charge in [-0.25, -0.2) is 0 Å². The van der Waals surface area contributed by atoms with Crippen LogP contribution in [-0.2, 0) is 4.79 Å². The number of amides is 2. The standard InChI is InChI=1S/C25H34N2O2/c1-17-4-5-22(10-18(17)2)23(28)26-6-3-7-27(9-8-26)24(29)25-14-19-11-20(15-25)13-21(12-19)16-25/h4-5,10,19-21H,3,6-9,11-16H2,1-2H3. The van der Waals surface area contributed by atoms with Gasteiger partial charge in [-0.3, -0.25) is 9.59 Å². The lowest BCUT2D eigenvalue weighted by atomic mass is 9.49. The van der Waals surface area contributed by atoms with Gasteiger partial charge in [0, 0.05) is 31.7 Å². The molecule has 0 radical (unpaired) electrons. The van der Waals surface area contributed by atoms with Crippen molar-refractivity contribution >= 4 is 11.8 Å². The van der Waals surface area contributed by atoms with Crippen molar-refractivity contribution in [3.63, 3.8) is 0 Å². The van der Waals surface area contributed by atoms with Gasteiger partial charge in [0.1, 0.15) is 0 Å². The number of rotatable bonds is 2. The minimum Gasteiger partial charge on any atom is -0.340 e. The van der Waals surface area contributed by atoms with Crippen LogP contribution < -0.4 is 0 Å². The van der Waals surface area contributed by atoms with Crippen LogP contribution in [-0.4, -0.2) is 47.8 Å². The average molecular weight is 395 g/mol. The molecule has 1 heterocycles. The Hall–Kier alpha value is -1.84. The summed E-state index contributed by atoms with van der Waals surface area (Å²) in [5.41, 5.74) is 3.07. The predicted molar refractivity (Wildman–Crippen MR) is 114 cm³/mol. The zero-order valence-corrected chi connectivity index (χ0v) is 18.0. The minimum atomic E-state index is -0.0675. The van der Waals surface area contributed by atoms with E-state index in [1.54, 1.807) is 0 Å². The Kier molecular flexibility index (Phi) is 4.71. The van der Waals surface area contributed by atoms with Crippen LogP contribution in [0.3, 0.4) is 0 Å². The molecule has 0 atom stereocenters. The number of aryl methyl sites for hydroxylation is 2. The van der Waals surface area contributed by atoms with Crippen LogP contribution in [0.1, 0.15) is 66.4 Å². The molecule has 4 nitrogen and oxygen atoms in total. The fourth-order valence-electron chi connectivity index (χ4n) is 7.09. The van der Waals surface area contributed by atoms with Crippen LogP contribution in [0.25, 0.3) is 0 Å². The van der Waals surface area contributed by atoms with Crippen LogP contribution in [0.2, 0.25) is 0 Å². The second-order valence-corrected chi connectivity index (χ2v) is 10.4. The zero-order chi connectivity index (χ0) is 20.2. The van der Waals surface area contributed by atoms with Gasteiger partial charge in [-0.1, -0.05) is 6.07 Å². The van der Waals surface area contributed by atoms with Crippen LogP contribution in [0.15, 0.2) is 18.2 Å². The minimum absolute atomic E-state index is 0.0675. The van der Waals surface area contributed by atoms with E-state index < -0.39 is 0 Å². The second kappa shape index (κ2) is 7.14. The van der Waals surface area contributed by atoms with E-state index in [1.165, 1.54) is 24.8 Å². The van der Waals surface area contributed by atoms with Gasteiger partial charge in [-0.05, 0) is 99.8 Å². The number of benzene rings is 1. The van der Waals surface area contributed by atoms with Gasteiger partial charge in [0.05, 0.1) is 5.41 Å². The van der Waals surface area contributed by atoms with Gasteiger partial charge in [-0.2, -0.15) is 0 Å². The summed E-state index contributed by atoms with van der Waals surface area (Å²) in [6, 6.07) is 5.97. The highest BCUT2D eigenvalue weighted by atomic mass is 16.2. The van der Waals surface area contributed by atoms with Crippen LogP contribution >= 0.6 is 0 Å². The molecular formula is C25H34N2O2. The molecule has 1 saturated heterocycles. The summed E-state index contributed by atoms with van der Waals surface area (Å²) in [4.78, 5) is 30.8. The van der Waals surface area contributed by atoms with Gasteiger partial charge in [0.15, 0.2) is 0 Å². The van der Waals surface area contributed by atoms with Gasteiger partial charge < -0.3 is 9.80 Å². The average Bonchev–Trinajstić information content (AvgIpc) is 2.94. The zero-order valence-electron chi connectivity index (χ0n) is 18.0.